The molecule has 2 nitrogen and oxygen atoms in total. The highest BCUT2D eigenvalue weighted by molar-refractivity contribution is 5.34. The van der Waals surface area contributed by atoms with E-state index < -0.39 is 0 Å². The number of aryl methyl sites for hydroxylation is 1. The summed E-state index contributed by atoms with van der Waals surface area (Å²) in [6.07, 6.45) is 1.85. The Kier molecular flexibility index (Phi) is 1.70. The van der Waals surface area contributed by atoms with Gasteiger partial charge >= 0.3 is 0 Å². The zero-order chi connectivity index (χ0) is 9.64. The van der Waals surface area contributed by atoms with Gasteiger partial charge in [0.2, 0.25) is 0 Å². The molecule has 2 atom stereocenters. The summed E-state index contributed by atoms with van der Waals surface area (Å²) in [5.41, 5.74) is 8.68. The van der Waals surface area contributed by atoms with Gasteiger partial charge < -0.3 is 5.73 Å². The van der Waals surface area contributed by atoms with Gasteiger partial charge in [0, 0.05) is 23.9 Å². The lowest BCUT2D eigenvalue weighted by Gasteiger charge is -2.04. The summed E-state index contributed by atoms with van der Waals surface area (Å²) >= 11 is 0. The number of pyridine rings is 1. The van der Waals surface area contributed by atoms with Gasteiger partial charge in [-0.25, -0.2) is 0 Å². The molecule has 2 N–H and O–H groups in total. The van der Waals surface area contributed by atoms with Crippen LogP contribution in [0.4, 0.5) is 0 Å². The average molecular weight is 176 g/mol. The molecule has 2 heteroatoms. The normalized spacial score (nSPS) is 30.2. The molecule has 0 aromatic carbocycles. The molecule has 2 rings (SSSR count). The standard InChI is InChI=1S/C11H16N2/c1-7-5-4-6-13-9(7)8-10(12)11(8,2)3/h4-6,8,10H,12H2,1-3H3/t8-,10-/m1/s1. The Balaban J connectivity index is 2.34. The first kappa shape index (κ1) is 8.70. The van der Waals surface area contributed by atoms with Crippen molar-refractivity contribution in [2.24, 2.45) is 11.1 Å². The van der Waals surface area contributed by atoms with Crippen LogP contribution in [-0.4, -0.2) is 11.0 Å². The van der Waals surface area contributed by atoms with Crippen molar-refractivity contribution >= 4 is 0 Å². The number of aromatic nitrogens is 1. The number of hydrogen-bond donors (Lipinski definition) is 1. The molecule has 0 saturated heterocycles. The molecule has 0 aliphatic heterocycles. The molecule has 13 heavy (non-hydrogen) atoms. The van der Waals surface area contributed by atoms with Crippen molar-refractivity contribution < 1.29 is 0 Å². The quantitative estimate of drug-likeness (QED) is 0.709. The van der Waals surface area contributed by atoms with Crippen LogP contribution in [0.3, 0.4) is 0 Å². The van der Waals surface area contributed by atoms with E-state index in [0.717, 1.165) is 0 Å². The van der Waals surface area contributed by atoms with Crippen molar-refractivity contribution in [3.63, 3.8) is 0 Å². The van der Waals surface area contributed by atoms with Gasteiger partial charge in [-0.05, 0) is 24.0 Å². The monoisotopic (exact) mass is 176 g/mol. The fraction of sp³-hybridized carbons (Fsp3) is 0.545. The molecular formula is C11H16N2. The predicted octanol–water partition coefficient (Wildman–Crippen LogP) is 1.84. The van der Waals surface area contributed by atoms with Gasteiger partial charge in [0.25, 0.3) is 0 Å². The Morgan fingerprint density at radius 3 is 2.54 bits per heavy atom. The Morgan fingerprint density at radius 1 is 1.46 bits per heavy atom. The topological polar surface area (TPSA) is 38.9 Å². The Hall–Kier alpha value is -0.890. The summed E-state index contributed by atoms with van der Waals surface area (Å²) in [6, 6.07) is 4.35. The van der Waals surface area contributed by atoms with Crippen LogP contribution in [0.25, 0.3) is 0 Å². The van der Waals surface area contributed by atoms with Gasteiger partial charge in [-0.3, -0.25) is 4.98 Å². The predicted molar refractivity (Wildman–Crippen MR) is 53.5 cm³/mol. The van der Waals surface area contributed by atoms with Crippen molar-refractivity contribution in [3.8, 4) is 0 Å². The molecule has 1 aromatic heterocycles. The minimum atomic E-state index is 0.235. The number of rotatable bonds is 1. The zero-order valence-electron chi connectivity index (χ0n) is 8.41. The summed E-state index contributed by atoms with van der Waals surface area (Å²) in [7, 11) is 0. The van der Waals surface area contributed by atoms with Crippen LogP contribution >= 0.6 is 0 Å². The van der Waals surface area contributed by atoms with Gasteiger partial charge in [-0.15, -0.1) is 0 Å². The fourth-order valence-corrected chi connectivity index (χ4v) is 2.02. The van der Waals surface area contributed by atoms with Crippen LogP contribution in [0, 0.1) is 12.3 Å². The second kappa shape index (κ2) is 2.55. The van der Waals surface area contributed by atoms with Gasteiger partial charge in [0.1, 0.15) is 0 Å². The fourth-order valence-electron chi connectivity index (χ4n) is 2.02. The minimum Gasteiger partial charge on any atom is -0.327 e. The van der Waals surface area contributed by atoms with Gasteiger partial charge in [-0.2, -0.15) is 0 Å². The summed E-state index contributed by atoms with van der Waals surface area (Å²) in [5.74, 6) is 0.452. The first-order valence-electron chi connectivity index (χ1n) is 4.72. The highest BCUT2D eigenvalue weighted by Gasteiger charge is 2.57. The van der Waals surface area contributed by atoms with E-state index in [1.54, 1.807) is 0 Å². The number of nitrogens with zero attached hydrogens (tertiary/aromatic N) is 1. The van der Waals surface area contributed by atoms with Crippen molar-refractivity contribution in [2.75, 3.05) is 0 Å². The van der Waals surface area contributed by atoms with Crippen LogP contribution in [0.2, 0.25) is 0 Å². The van der Waals surface area contributed by atoms with E-state index >= 15 is 0 Å². The minimum absolute atomic E-state index is 0.235. The van der Waals surface area contributed by atoms with Crippen molar-refractivity contribution in [2.45, 2.75) is 32.7 Å². The van der Waals surface area contributed by atoms with E-state index in [-0.39, 0.29) is 11.5 Å². The lowest BCUT2D eigenvalue weighted by atomic mass is 10.0. The van der Waals surface area contributed by atoms with Crippen LogP contribution in [-0.2, 0) is 0 Å². The maximum Gasteiger partial charge on any atom is 0.0485 e. The highest BCUT2D eigenvalue weighted by Crippen LogP contribution is 2.57. The SMILES string of the molecule is Cc1cccnc1[C@@H]1[C@@H](N)C1(C)C. The number of nitrogens with two attached hydrogens (primary N) is 1. The molecule has 0 bridgehead atoms. The van der Waals surface area contributed by atoms with Gasteiger partial charge in [-0.1, -0.05) is 19.9 Å². The third-order valence-electron chi connectivity index (χ3n) is 3.26. The smallest absolute Gasteiger partial charge is 0.0485 e. The van der Waals surface area contributed by atoms with E-state index in [9.17, 15) is 0 Å². The Morgan fingerprint density at radius 2 is 2.08 bits per heavy atom. The van der Waals surface area contributed by atoms with Crippen LogP contribution < -0.4 is 5.73 Å². The first-order chi connectivity index (χ1) is 6.05. The molecule has 0 radical (unpaired) electrons. The largest absolute Gasteiger partial charge is 0.327 e. The summed E-state index contributed by atoms with van der Waals surface area (Å²) in [4.78, 5) is 4.41. The van der Waals surface area contributed by atoms with E-state index in [1.807, 2.05) is 12.3 Å². The van der Waals surface area contributed by atoms with E-state index in [2.05, 4.69) is 31.8 Å². The molecule has 1 aliphatic carbocycles. The van der Waals surface area contributed by atoms with Crippen LogP contribution in [0.5, 0.6) is 0 Å². The van der Waals surface area contributed by atoms with Crippen LogP contribution in [0.1, 0.15) is 31.0 Å². The lowest BCUT2D eigenvalue weighted by Crippen LogP contribution is -2.06. The summed E-state index contributed by atoms with van der Waals surface area (Å²) in [6.45, 7) is 6.51. The molecule has 70 valence electrons. The van der Waals surface area contributed by atoms with E-state index in [1.165, 1.54) is 11.3 Å². The third kappa shape index (κ3) is 1.17. The van der Waals surface area contributed by atoms with Gasteiger partial charge in [0.05, 0.1) is 0 Å². The molecule has 1 aromatic rings. The molecule has 1 fully saturated rings. The maximum absolute atomic E-state index is 6.01. The van der Waals surface area contributed by atoms with Crippen LogP contribution in [0.15, 0.2) is 18.3 Å². The summed E-state index contributed by atoms with van der Waals surface area (Å²) in [5, 5.41) is 0. The molecular weight excluding hydrogens is 160 g/mol. The molecule has 1 saturated carbocycles. The highest BCUT2D eigenvalue weighted by atomic mass is 14.9. The summed E-state index contributed by atoms with van der Waals surface area (Å²) < 4.78 is 0. The lowest BCUT2D eigenvalue weighted by molar-refractivity contribution is 0.594. The van der Waals surface area contributed by atoms with Crippen molar-refractivity contribution in [3.05, 3.63) is 29.6 Å². The van der Waals surface area contributed by atoms with E-state index in [4.69, 9.17) is 5.73 Å². The van der Waals surface area contributed by atoms with E-state index in [0.29, 0.717) is 5.92 Å². The second-order valence-corrected chi connectivity index (χ2v) is 4.53. The second-order valence-electron chi connectivity index (χ2n) is 4.53. The third-order valence-corrected chi connectivity index (χ3v) is 3.26. The Bertz CT molecular complexity index is 331. The molecule has 0 unspecified atom stereocenters. The number of hydrogen-bond acceptors (Lipinski definition) is 2. The average Bonchev–Trinajstić information content (AvgIpc) is 2.54. The zero-order valence-corrected chi connectivity index (χ0v) is 8.41. The van der Waals surface area contributed by atoms with Crippen molar-refractivity contribution in [1.82, 2.24) is 4.98 Å². The molecule has 1 heterocycles. The van der Waals surface area contributed by atoms with Gasteiger partial charge in [0.15, 0.2) is 0 Å². The van der Waals surface area contributed by atoms with Crippen molar-refractivity contribution in [1.29, 1.82) is 0 Å². The molecule has 1 aliphatic rings. The molecule has 0 amide bonds. The maximum atomic E-state index is 6.01. The first-order valence-corrected chi connectivity index (χ1v) is 4.72. The Labute approximate surface area is 79.2 Å². The molecule has 0 spiro atoms.